The smallest absolute Gasteiger partial charge is 0.124 e. The predicted octanol–water partition coefficient (Wildman–Crippen LogP) is 1.56. The van der Waals surface area contributed by atoms with Gasteiger partial charge in [0, 0.05) is 17.3 Å². The molecule has 1 heterocycles. The topological polar surface area (TPSA) is 46.3 Å². The molecule has 2 aromatic carbocycles. The summed E-state index contributed by atoms with van der Waals surface area (Å²) < 4.78 is 5.38. The van der Waals surface area contributed by atoms with Crippen molar-refractivity contribution in [3.05, 3.63) is 59.7 Å². The molecule has 0 aromatic heterocycles. The van der Waals surface area contributed by atoms with Gasteiger partial charge >= 0.3 is 0 Å². The lowest BCUT2D eigenvalue weighted by Crippen LogP contribution is -3.12. The van der Waals surface area contributed by atoms with Crippen LogP contribution in [0.1, 0.15) is 11.1 Å². The highest BCUT2D eigenvalue weighted by Gasteiger charge is 2.13. The fraction of sp³-hybridized carbons (Fsp3) is 0.278. The molecule has 0 unspecified atom stereocenters. The summed E-state index contributed by atoms with van der Waals surface area (Å²) in [6.45, 7) is 4.91. The van der Waals surface area contributed by atoms with Crippen LogP contribution in [-0.2, 0) is 11.3 Å². The van der Waals surface area contributed by atoms with Crippen LogP contribution in [0.5, 0.6) is 5.75 Å². The van der Waals surface area contributed by atoms with Crippen molar-refractivity contribution in [2.24, 2.45) is 4.99 Å². The zero-order chi connectivity index (χ0) is 15.2. The number of para-hydroxylation sites is 1. The lowest BCUT2D eigenvalue weighted by Gasteiger charge is -2.23. The van der Waals surface area contributed by atoms with Gasteiger partial charge in [-0.25, -0.2) is 0 Å². The van der Waals surface area contributed by atoms with Crippen LogP contribution in [0, 0.1) is 0 Å². The van der Waals surface area contributed by atoms with Crippen LogP contribution in [0.25, 0.3) is 0 Å². The summed E-state index contributed by atoms with van der Waals surface area (Å²) in [5, 5.41) is 9.71. The molecule has 0 aliphatic carbocycles. The number of aliphatic imine (C=N–C) groups is 1. The lowest BCUT2D eigenvalue weighted by molar-refractivity contribution is -0.921. The molecule has 3 rings (SSSR count). The maximum atomic E-state index is 9.71. The minimum Gasteiger partial charge on any atom is -0.507 e. The highest BCUT2D eigenvalue weighted by molar-refractivity contribution is 5.85. The molecule has 4 heteroatoms. The van der Waals surface area contributed by atoms with Crippen molar-refractivity contribution in [3.63, 3.8) is 0 Å². The lowest BCUT2D eigenvalue weighted by atomic mass is 10.2. The summed E-state index contributed by atoms with van der Waals surface area (Å²) >= 11 is 0. The minimum absolute atomic E-state index is 0.249. The van der Waals surface area contributed by atoms with E-state index in [4.69, 9.17) is 4.74 Å². The Morgan fingerprint density at radius 3 is 2.50 bits per heavy atom. The number of quaternary nitrogens is 1. The standard InChI is InChI=1S/C18H20N2O2/c21-18-4-2-1-3-16(18)13-19-17-7-5-15(6-8-17)14-20-9-11-22-12-10-20/h1-8,13,21H,9-12,14H2/p+1. The van der Waals surface area contributed by atoms with Gasteiger partial charge in [0.2, 0.25) is 0 Å². The van der Waals surface area contributed by atoms with E-state index in [9.17, 15) is 5.11 Å². The number of aromatic hydroxyl groups is 1. The van der Waals surface area contributed by atoms with Gasteiger partial charge in [-0.1, -0.05) is 24.3 Å². The van der Waals surface area contributed by atoms with Crippen LogP contribution in [0.2, 0.25) is 0 Å². The third-order valence-corrected chi connectivity index (χ3v) is 3.88. The first-order chi connectivity index (χ1) is 10.8. The van der Waals surface area contributed by atoms with E-state index >= 15 is 0 Å². The largest absolute Gasteiger partial charge is 0.507 e. The summed E-state index contributed by atoms with van der Waals surface area (Å²) in [4.78, 5) is 5.98. The van der Waals surface area contributed by atoms with Crippen LogP contribution >= 0.6 is 0 Å². The molecule has 0 atom stereocenters. The number of morpholine rings is 1. The van der Waals surface area contributed by atoms with Crippen molar-refractivity contribution in [2.45, 2.75) is 6.54 Å². The molecule has 1 aliphatic rings. The molecular weight excluding hydrogens is 276 g/mol. The zero-order valence-electron chi connectivity index (χ0n) is 12.5. The summed E-state index contributed by atoms with van der Waals surface area (Å²) in [6.07, 6.45) is 1.69. The van der Waals surface area contributed by atoms with Gasteiger partial charge in [-0.3, -0.25) is 4.99 Å². The Morgan fingerprint density at radius 2 is 1.77 bits per heavy atom. The molecular formula is C18H21N2O2+. The molecule has 1 fully saturated rings. The average molecular weight is 297 g/mol. The first-order valence-electron chi connectivity index (χ1n) is 7.63. The maximum absolute atomic E-state index is 9.71. The van der Waals surface area contributed by atoms with Crippen molar-refractivity contribution in [2.75, 3.05) is 26.3 Å². The molecule has 0 saturated carbocycles. The first-order valence-corrected chi connectivity index (χ1v) is 7.63. The molecule has 2 aromatic rings. The summed E-state index contributed by atoms with van der Waals surface area (Å²) in [7, 11) is 0. The van der Waals surface area contributed by atoms with E-state index in [0.717, 1.165) is 44.1 Å². The number of phenols is 1. The van der Waals surface area contributed by atoms with Crippen LogP contribution in [0.4, 0.5) is 5.69 Å². The quantitative estimate of drug-likeness (QED) is 0.841. The second-order valence-electron chi connectivity index (χ2n) is 5.52. The number of nitrogens with zero attached hydrogens (tertiary/aromatic N) is 1. The average Bonchev–Trinajstić information content (AvgIpc) is 2.56. The van der Waals surface area contributed by atoms with E-state index in [1.165, 1.54) is 5.56 Å². The summed E-state index contributed by atoms with van der Waals surface area (Å²) in [5.41, 5.74) is 2.94. The number of phenolic OH excluding ortho intramolecular Hbond substituents is 1. The van der Waals surface area contributed by atoms with Gasteiger partial charge in [-0.05, 0) is 24.3 Å². The van der Waals surface area contributed by atoms with Crippen molar-refractivity contribution in [3.8, 4) is 5.75 Å². The van der Waals surface area contributed by atoms with Crippen molar-refractivity contribution in [1.82, 2.24) is 0 Å². The number of hydrogen-bond donors (Lipinski definition) is 2. The molecule has 0 amide bonds. The van der Waals surface area contributed by atoms with Crippen LogP contribution in [-0.4, -0.2) is 37.6 Å². The van der Waals surface area contributed by atoms with E-state index < -0.39 is 0 Å². The van der Waals surface area contributed by atoms with Crippen LogP contribution in [0.15, 0.2) is 53.5 Å². The highest BCUT2D eigenvalue weighted by Crippen LogP contribution is 2.16. The van der Waals surface area contributed by atoms with Gasteiger partial charge in [0.15, 0.2) is 0 Å². The fourth-order valence-electron chi connectivity index (χ4n) is 2.57. The van der Waals surface area contributed by atoms with Crippen molar-refractivity contribution < 1.29 is 14.7 Å². The Hall–Kier alpha value is -2.17. The molecule has 0 bridgehead atoms. The van der Waals surface area contributed by atoms with E-state index in [1.54, 1.807) is 23.2 Å². The molecule has 1 aliphatic heterocycles. The Balaban J connectivity index is 1.62. The van der Waals surface area contributed by atoms with Gasteiger partial charge in [-0.2, -0.15) is 0 Å². The van der Waals surface area contributed by atoms with Gasteiger partial charge in [0.05, 0.1) is 18.9 Å². The molecule has 22 heavy (non-hydrogen) atoms. The highest BCUT2D eigenvalue weighted by atomic mass is 16.5. The molecule has 0 radical (unpaired) electrons. The Bertz CT molecular complexity index is 632. The number of hydrogen-bond acceptors (Lipinski definition) is 3. The molecule has 1 saturated heterocycles. The Morgan fingerprint density at radius 1 is 1.05 bits per heavy atom. The first kappa shape index (κ1) is 14.8. The van der Waals surface area contributed by atoms with E-state index in [-0.39, 0.29) is 5.75 Å². The normalized spacial score (nSPS) is 16.2. The molecule has 114 valence electrons. The molecule has 4 nitrogen and oxygen atoms in total. The minimum atomic E-state index is 0.249. The fourth-order valence-corrected chi connectivity index (χ4v) is 2.57. The van der Waals surface area contributed by atoms with Crippen molar-refractivity contribution in [1.29, 1.82) is 0 Å². The van der Waals surface area contributed by atoms with E-state index in [2.05, 4.69) is 17.1 Å². The van der Waals surface area contributed by atoms with Gasteiger partial charge in [-0.15, -0.1) is 0 Å². The van der Waals surface area contributed by atoms with Gasteiger partial charge in [0.1, 0.15) is 25.4 Å². The zero-order valence-corrected chi connectivity index (χ0v) is 12.5. The number of ether oxygens (including phenoxy) is 1. The Labute approximate surface area is 130 Å². The van der Waals surface area contributed by atoms with E-state index in [1.807, 2.05) is 24.3 Å². The second kappa shape index (κ2) is 7.20. The monoisotopic (exact) mass is 297 g/mol. The summed E-state index contributed by atoms with van der Waals surface area (Å²) in [5.74, 6) is 0.249. The third-order valence-electron chi connectivity index (χ3n) is 3.88. The van der Waals surface area contributed by atoms with Gasteiger partial charge < -0.3 is 14.7 Å². The second-order valence-corrected chi connectivity index (χ2v) is 5.52. The SMILES string of the molecule is Oc1ccccc1C=Nc1ccc(C[NH+]2CCOCC2)cc1. The number of benzene rings is 2. The Kier molecular flexibility index (Phi) is 4.83. The van der Waals surface area contributed by atoms with Crippen LogP contribution < -0.4 is 4.90 Å². The molecule has 2 N–H and O–H groups in total. The van der Waals surface area contributed by atoms with Gasteiger partial charge in [0.25, 0.3) is 0 Å². The van der Waals surface area contributed by atoms with Crippen molar-refractivity contribution >= 4 is 11.9 Å². The number of rotatable bonds is 4. The molecule has 0 spiro atoms. The number of nitrogens with one attached hydrogen (secondary N) is 1. The maximum Gasteiger partial charge on any atom is 0.124 e. The van der Waals surface area contributed by atoms with E-state index in [0.29, 0.717) is 0 Å². The van der Waals surface area contributed by atoms with Crippen LogP contribution in [0.3, 0.4) is 0 Å². The summed E-state index contributed by atoms with van der Waals surface area (Å²) in [6, 6.07) is 15.5. The predicted molar refractivity (Wildman–Crippen MR) is 87.0 cm³/mol. The third kappa shape index (κ3) is 3.93.